The minimum Gasteiger partial charge on any atom is -0.481 e. The first kappa shape index (κ1) is 11.7. The summed E-state index contributed by atoms with van der Waals surface area (Å²) >= 11 is 0. The van der Waals surface area contributed by atoms with Gasteiger partial charge in [0.2, 0.25) is 5.82 Å². The van der Waals surface area contributed by atoms with E-state index < -0.39 is 10.9 Å². The highest BCUT2D eigenvalue weighted by atomic mass is 16.6. The molecule has 1 heterocycles. The number of hydrogen-bond donors (Lipinski definition) is 3. The largest absolute Gasteiger partial charge is 0.481 e. The number of carbonyl (C=O) groups is 1. The van der Waals surface area contributed by atoms with Gasteiger partial charge in [0.25, 0.3) is 0 Å². The van der Waals surface area contributed by atoms with Gasteiger partial charge in [-0.1, -0.05) is 0 Å². The van der Waals surface area contributed by atoms with Gasteiger partial charge in [0.1, 0.15) is 5.82 Å². The van der Waals surface area contributed by atoms with Crippen molar-refractivity contribution >= 4 is 23.3 Å². The third kappa shape index (κ3) is 3.08. The summed E-state index contributed by atoms with van der Waals surface area (Å²) in [6.07, 6.45) is -0.0709. The lowest BCUT2D eigenvalue weighted by Crippen LogP contribution is -2.09. The number of nitrogens with zero attached hydrogens (tertiary/aromatic N) is 2. The van der Waals surface area contributed by atoms with Crippen LogP contribution in [-0.2, 0) is 4.79 Å². The molecule has 0 atom stereocenters. The Balaban J connectivity index is 2.66. The Morgan fingerprint density at radius 1 is 1.62 bits per heavy atom. The number of pyridine rings is 1. The molecule has 0 unspecified atom stereocenters. The van der Waals surface area contributed by atoms with Gasteiger partial charge in [-0.05, 0) is 6.07 Å². The molecule has 86 valence electrons. The fraction of sp³-hybridized carbons (Fsp3) is 0.250. The molecule has 1 rings (SSSR count). The third-order valence-corrected chi connectivity index (χ3v) is 1.74. The van der Waals surface area contributed by atoms with Gasteiger partial charge < -0.3 is 16.2 Å². The predicted molar refractivity (Wildman–Crippen MR) is 56.0 cm³/mol. The first-order valence-electron chi connectivity index (χ1n) is 4.37. The van der Waals surface area contributed by atoms with Crippen LogP contribution in [0.25, 0.3) is 0 Å². The Bertz CT molecular complexity index is 420. The molecule has 0 fully saturated rings. The van der Waals surface area contributed by atoms with Gasteiger partial charge in [-0.15, -0.1) is 0 Å². The Labute approximate surface area is 90.2 Å². The second-order valence-corrected chi connectivity index (χ2v) is 2.93. The smallest absolute Gasteiger partial charge is 0.311 e. The summed E-state index contributed by atoms with van der Waals surface area (Å²) in [6, 6.07) is 2.59. The molecule has 0 saturated heterocycles. The number of rotatable bonds is 5. The van der Waals surface area contributed by atoms with E-state index in [0.717, 1.165) is 0 Å². The van der Waals surface area contributed by atoms with Crippen LogP contribution in [0.5, 0.6) is 0 Å². The van der Waals surface area contributed by atoms with E-state index in [0.29, 0.717) is 5.82 Å². The van der Waals surface area contributed by atoms with Crippen molar-refractivity contribution in [3.05, 3.63) is 22.2 Å². The fourth-order valence-electron chi connectivity index (χ4n) is 1.02. The number of anilines is 2. The topological polar surface area (TPSA) is 131 Å². The zero-order valence-corrected chi connectivity index (χ0v) is 8.21. The molecule has 1 aromatic rings. The molecule has 0 saturated carbocycles. The van der Waals surface area contributed by atoms with Gasteiger partial charge in [-0.3, -0.25) is 14.9 Å². The van der Waals surface area contributed by atoms with Crippen molar-refractivity contribution in [2.75, 3.05) is 17.6 Å². The molecule has 4 N–H and O–H groups in total. The van der Waals surface area contributed by atoms with Crippen LogP contribution >= 0.6 is 0 Å². The van der Waals surface area contributed by atoms with E-state index in [1.165, 1.54) is 12.1 Å². The van der Waals surface area contributed by atoms with Crippen LogP contribution < -0.4 is 11.1 Å². The van der Waals surface area contributed by atoms with Gasteiger partial charge in [0.15, 0.2) is 0 Å². The quantitative estimate of drug-likeness (QED) is 0.490. The molecule has 0 radical (unpaired) electrons. The molecule has 0 aliphatic heterocycles. The minimum atomic E-state index is -0.942. The summed E-state index contributed by atoms with van der Waals surface area (Å²) in [5.74, 6) is -0.836. The molecule has 8 heteroatoms. The highest BCUT2D eigenvalue weighted by Gasteiger charge is 2.12. The number of carboxylic acids is 1. The molecular formula is C8H10N4O4. The fourth-order valence-corrected chi connectivity index (χ4v) is 1.02. The van der Waals surface area contributed by atoms with Crippen molar-refractivity contribution in [2.45, 2.75) is 6.42 Å². The van der Waals surface area contributed by atoms with Gasteiger partial charge in [-0.25, -0.2) is 4.98 Å². The number of nitrogens with two attached hydrogens (primary N) is 1. The lowest BCUT2D eigenvalue weighted by molar-refractivity contribution is -0.384. The average molecular weight is 226 g/mol. The lowest BCUT2D eigenvalue weighted by atomic mass is 10.3. The number of nitro groups is 1. The van der Waals surface area contributed by atoms with Crippen molar-refractivity contribution in [1.82, 2.24) is 4.98 Å². The Morgan fingerprint density at radius 3 is 2.81 bits per heavy atom. The molecule has 0 spiro atoms. The standard InChI is InChI=1S/C8H10N4O4/c9-8-5(12(15)16)1-2-6(11-8)10-4-3-7(13)14/h1-2H,3-4H2,(H,13,14)(H3,9,10,11). The lowest BCUT2D eigenvalue weighted by Gasteiger charge is -2.04. The Hall–Kier alpha value is -2.38. The summed E-state index contributed by atoms with van der Waals surface area (Å²) in [6.45, 7) is 0.180. The molecule has 0 aliphatic rings. The van der Waals surface area contributed by atoms with E-state index in [1.807, 2.05) is 0 Å². The average Bonchev–Trinajstić information content (AvgIpc) is 2.16. The zero-order valence-electron chi connectivity index (χ0n) is 8.21. The second-order valence-electron chi connectivity index (χ2n) is 2.93. The molecule has 8 nitrogen and oxygen atoms in total. The molecular weight excluding hydrogens is 216 g/mol. The van der Waals surface area contributed by atoms with E-state index in [4.69, 9.17) is 10.8 Å². The van der Waals surface area contributed by atoms with Crippen molar-refractivity contribution in [3.8, 4) is 0 Å². The number of carboxylic acid groups (broad SMARTS) is 1. The molecule has 1 aromatic heterocycles. The number of nitrogen functional groups attached to an aromatic ring is 1. The highest BCUT2D eigenvalue weighted by molar-refractivity contribution is 5.67. The van der Waals surface area contributed by atoms with Crippen molar-refractivity contribution < 1.29 is 14.8 Å². The summed E-state index contributed by atoms with van der Waals surface area (Å²) in [5.41, 5.74) is 5.07. The number of aromatic nitrogens is 1. The number of hydrogen-bond acceptors (Lipinski definition) is 6. The zero-order chi connectivity index (χ0) is 12.1. The van der Waals surface area contributed by atoms with Crippen LogP contribution in [0.4, 0.5) is 17.3 Å². The monoisotopic (exact) mass is 226 g/mol. The molecule has 0 bridgehead atoms. The summed E-state index contributed by atoms with van der Waals surface area (Å²) in [5, 5.41) is 21.5. The molecule has 0 amide bonds. The molecule has 16 heavy (non-hydrogen) atoms. The van der Waals surface area contributed by atoms with E-state index in [9.17, 15) is 14.9 Å². The van der Waals surface area contributed by atoms with Crippen molar-refractivity contribution in [3.63, 3.8) is 0 Å². The third-order valence-electron chi connectivity index (χ3n) is 1.74. The SMILES string of the molecule is Nc1nc(NCCC(=O)O)ccc1[N+](=O)[O-]. The molecule has 0 aliphatic carbocycles. The van der Waals surface area contributed by atoms with Gasteiger partial charge in [0, 0.05) is 12.6 Å². The van der Waals surface area contributed by atoms with Gasteiger partial charge in [0.05, 0.1) is 11.3 Å². The number of nitrogens with one attached hydrogen (secondary N) is 1. The van der Waals surface area contributed by atoms with Crippen LogP contribution in [0.2, 0.25) is 0 Å². The van der Waals surface area contributed by atoms with Crippen LogP contribution in [0.3, 0.4) is 0 Å². The maximum atomic E-state index is 10.4. The summed E-state index contributed by atoms with van der Waals surface area (Å²) in [4.78, 5) is 23.7. The van der Waals surface area contributed by atoms with E-state index in [1.54, 1.807) is 0 Å². The van der Waals surface area contributed by atoms with Crippen molar-refractivity contribution in [2.24, 2.45) is 0 Å². The van der Waals surface area contributed by atoms with Crippen LogP contribution in [-0.4, -0.2) is 27.5 Å². The normalized spacial score (nSPS) is 9.75. The van der Waals surface area contributed by atoms with Crippen LogP contribution in [0.1, 0.15) is 6.42 Å². The van der Waals surface area contributed by atoms with Gasteiger partial charge in [-0.2, -0.15) is 0 Å². The Kier molecular flexibility index (Phi) is 3.59. The highest BCUT2D eigenvalue weighted by Crippen LogP contribution is 2.20. The summed E-state index contributed by atoms with van der Waals surface area (Å²) in [7, 11) is 0. The van der Waals surface area contributed by atoms with E-state index in [2.05, 4.69) is 10.3 Å². The predicted octanol–water partition coefficient (Wildman–Crippen LogP) is 0.459. The molecule has 0 aromatic carbocycles. The van der Waals surface area contributed by atoms with Crippen molar-refractivity contribution in [1.29, 1.82) is 0 Å². The van der Waals surface area contributed by atoms with E-state index in [-0.39, 0.29) is 24.5 Å². The summed E-state index contributed by atoms with van der Waals surface area (Å²) < 4.78 is 0. The maximum absolute atomic E-state index is 10.4. The first-order valence-corrected chi connectivity index (χ1v) is 4.37. The second kappa shape index (κ2) is 4.91. The van der Waals surface area contributed by atoms with Crippen LogP contribution in [0, 0.1) is 10.1 Å². The van der Waals surface area contributed by atoms with Crippen LogP contribution in [0.15, 0.2) is 12.1 Å². The Morgan fingerprint density at radius 2 is 2.31 bits per heavy atom. The maximum Gasteiger partial charge on any atom is 0.311 e. The van der Waals surface area contributed by atoms with Gasteiger partial charge >= 0.3 is 11.7 Å². The first-order chi connectivity index (χ1) is 7.50. The van der Waals surface area contributed by atoms with E-state index >= 15 is 0 Å². The number of aliphatic carboxylic acids is 1. The minimum absolute atomic E-state index is 0.0709.